The van der Waals surface area contributed by atoms with Crippen LogP contribution in [-0.4, -0.2) is 42.5 Å². The average Bonchev–Trinajstić information content (AvgIpc) is 2.69. The Morgan fingerprint density at radius 2 is 1.93 bits per heavy atom. The molecule has 1 aliphatic rings. The molecule has 1 aromatic rings. The molecule has 5 nitrogen and oxygen atoms in total. The molecule has 0 radical (unpaired) electrons. The summed E-state index contributed by atoms with van der Waals surface area (Å²) in [6.07, 6.45) is 2.40. The highest BCUT2D eigenvalue weighted by molar-refractivity contribution is 6.01. The van der Waals surface area contributed by atoms with E-state index in [2.05, 4.69) is 13.0 Å². The Kier molecular flexibility index (Phi) is 9.93. The van der Waals surface area contributed by atoms with E-state index in [9.17, 15) is 4.79 Å². The molecule has 1 aromatic carbocycles. The van der Waals surface area contributed by atoms with E-state index in [0.29, 0.717) is 13.1 Å². The molecule has 0 unspecified atom stereocenters. The summed E-state index contributed by atoms with van der Waals surface area (Å²) in [4.78, 5) is 19.1. The minimum atomic E-state index is -0.478. The van der Waals surface area contributed by atoms with Crippen molar-refractivity contribution in [1.29, 1.82) is 0 Å². The van der Waals surface area contributed by atoms with Gasteiger partial charge in [-0.2, -0.15) is 0 Å². The first-order chi connectivity index (χ1) is 13.7. The van der Waals surface area contributed by atoms with Crippen molar-refractivity contribution >= 4 is 11.8 Å². The summed E-state index contributed by atoms with van der Waals surface area (Å²) in [6, 6.07) is 8.03. The maximum atomic E-state index is 12.3. The molecule has 5 heteroatoms. The molecule has 0 aromatic heterocycles. The van der Waals surface area contributed by atoms with Gasteiger partial charge in [0, 0.05) is 30.9 Å². The number of benzene rings is 1. The van der Waals surface area contributed by atoms with Gasteiger partial charge in [0.2, 0.25) is 0 Å². The lowest BCUT2D eigenvalue weighted by atomic mass is 10.0. The van der Waals surface area contributed by atoms with E-state index in [-0.39, 0.29) is 6.09 Å². The van der Waals surface area contributed by atoms with Crippen LogP contribution in [-0.2, 0) is 4.74 Å². The Labute approximate surface area is 176 Å². The highest BCUT2D eigenvalue weighted by Gasteiger charge is 2.25. The number of hydrogen-bond acceptors (Lipinski definition) is 4. The molecule has 0 N–H and O–H groups in total. The maximum absolute atomic E-state index is 12.3. The smallest absolute Gasteiger partial charge is 0.410 e. The molecule has 0 spiro atoms. The number of rotatable bonds is 5. The van der Waals surface area contributed by atoms with Crippen LogP contribution in [0.5, 0.6) is 5.75 Å². The van der Waals surface area contributed by atoms with E-state index >= 15 is 0 Å². The monoisotopic (exact) mass is 402 g/mol. The van der Waals surface area contributed by atoms with Crippen LogP contribution in [0.15, 0.2) is 40.5 Å². The molecular formula is C24H38N2O3. The molecule has 1 heterocycles. The lowest BCUT2D eigenvalue weighted by Gasteiger charge is -2.31. The first-order valence-electron chi connectivity index (χ1n) is 10.6. The lowest BCUT2D eigenvalue weighted by Crippen LogP contribution is -2.40. The minimum absolute atomic E-state index is 0.258. The summed E-state index contributed by atoms with van der Waals surface area (Å²) in [5.41, 5.74) is 3.86. The predicted octanol–water partition coefficient (Wildman–Crippen LogP) is 6.23. The molecule has 0 saturated carbocycles. The fourth-order valence-electron chi connectivity index (χ4n) is 3.01. The lowest BCUT2D eigenvalue weighted by molar-refractivity contribution is 0.0259. The molecular weight excluding hydrogens is 364 g/mol. The second-order valence-electron chi connectivity index (χ2n) is 7.92. The van der Waals surface area contributed by atoms with Gasteiger partial charge in [0.15, 0.2) is 0 Å². The predicted molar refractivity (Wildman–Crippen MR) is 121 cm³/mol. The Morgan fingerprint density at radius 3 is 2.48 bits per heavy atom. The number of methoxy groups -OCH3 is 1. The van der Waals surface area contributed by atoms with E-state index in [4.69, 9.17) is 14.5 Å². The molecule has 1 amide bonds. The zero-order valence-electron chi connectivity index (χ0n) is 19.5. The number of nitrogens with zero attached hydrogens (tertiary/aromatic N) is 2. The Balaban J connectivity index is 0.00000204. The largest absolute Gasteiger partial charge is 0.497 e. The van der Waals surface area contributed by atoms with Crippen LogP contribution in [0, 0.1) is 0 Å². The van der Waals surface area contributed by atoms with Crippen molar-refractivity contribution in [2.75, 3.05) is 20.2 Å². The van der Waals surface area contributed by atoms with Crippen LogP contribution in [0.4, 0.5) is 4.79 Å². The van der Waals surface area contributed by atoms with Crippen molar-refractivity contribution in [3.8, 4) is 5.75 Å². The van der Waals surface area contributed by atoms with Crippen molar-refractivity contribution < 1.29 is 14.3 Å². The van der Waals surface area contributed by atoms with Crippen LogP contribution in [0.3, 0.4) is 0 Å². The first-order valence-corrected chi connectivity index (χ1v) is 10.6. The minimum Gasteiger partial charge on any atom is -0.497 e. The molecule has 0 aliphatic carbocycles. The number of aliphatic imine (C=N–C) groups is 1. The topological polar surface area (TPSA) is 51.1 Å². The third-order valence-corrected chi connectivity index (χ3v) is 4.35. The SMILES string of the molecule is CC.CCCC(=NC1=C(C)CN(C(=O)OC(C)(C)C)CC1)c1cccc(OC)c1. The van der Waals surface area contributed by atoms with E-state index in [1.807, 2.05) is 59.7 Å². The number of hydrogen-bond donors (Lipinski definition) is 0. The molecule has 0 saturated heterocycles. The van der Waals surface area contributed by atoms with Gasteiger partial charge in [-0.1, -0.05) is 39.3 Å². The van der Waals surface area contributed by atoms with Crippen LogP contribution in [0.2, 0.25) is 0 Å². The standard InChI is InChI=1S/C22H32N2O3.C2H6/c1-7-9-20(17-10-8-11-18(14-17)26-6)23-19-12-13-24(15-16(19)2)21(25)27-22(3,4)5;1-2/h8,10-11,14H,7,9,12-13,15H2,1-6H3;1-2H3. The van der Waals surface area contributed by atoms with Crippen molar-refractivity contribution in [2.45, 2.75) is 73.3 Å². The van der Waals surface area contributed by atoms with Crippen molar-refractivity contribution in [1.82, 2.24) is 4.90 Å². The summed E-state index contributed by atoms with van der Waals surface area (Å²) in [6.45, 7) is 15.1. The van der Waals surface area contributed by atoms with Gasteiger partial charge in [0.25, 0.3) is 0 Å². The molecule has 0 fully saturated rings. The molecule has 162 valence electrons. The van der Waals surface area contributed by atoms with Gasteiger partial charge in [-0.15, -0.1) is 0 Å². The van der Waals surface area contributed by atoms with Crippen LogP contribution >= 0.6 is 0 Å². The Hall–Kier alpha value is -2.30. The number of ether oxygens (including phenoxy) is 2. The Morgan fingerprint density at radius 1 is 1.24 bits per heavy atom. The van der Waals surface area contributed by atoms with Gasteiger partial charge in [0.05, 0.1) is 7.11 Å². The summed E-state index contributed by atoms with van der Waals surface area (Å²) in [5.74, 6) is 0.835. The van der Waals surface area contributed by atoms with Crippen molar-refractivity contribution in [3.63, 3.8) is 0 Å². The van der Waals surface area contributed by atoms with Gasteiger partial charge in [-0.3, -0.25) is 4.99 Å². The number of amides is 1. The number of carbonyl (C=O) groups excluding carboxylic acids is 1. The quantitative estimate of drug-likeness (QED) is 0.549. The molecule has 2 rings (SSSR count). The van der Waals surface area contributed by atoms with E-state index in [1.54, 1.807) is 12.0 Å². The van der Waals surface area contributed by atoms with Crippen LogP contribution in [0.25, 0.3) is 0 Å². The maximum Gasteiger partial charge on any atom is 0.410 e. The zero-order chi connectivity index (χ0) is 22.0. The van der Waals surface area contributed by atoms with E-state index in [1.165, 1.54) is 0 Å². The highest BCUT2D eigenvalue weighted by atomic mass is 16.6. The summed E-state index contributed by atoms with van der Waals surface area (Å²) in [5, 5.41) is 0. The first kappa shape index (κ1) is 24.7. The number of carbonyl (C=O) groups is 1. The second kappa shape index (κ2) is 11.6. The van der Waals surface area contributed by atoms with E-state index < -0.39 is 5.60 Å². The third kappa shape index (κ3) is 7.92. The third-order valence-electron chi connectivity index (χ3n) is 4.35. The highest BCUT2D eigenvalue weighted by Crippen LogP contribution is 2.23. The fraction of sp³-hybridized carbons (Fsp3) is 0.583. The Bertz CT molecular complexity index is 730. The van der Waals surface area contributed by atoms with E-state index in [0.717, 1.165) is 47.6 Å². The molecule has 29 heavy (non-hydrogen) atoms. The van der Waals surface area contributed by atoms with Gasteiger partial charge >= 0.3 is 6.09 Å². The summed E-state index contributed by atoms with van der Waals surface area (Å²) in [7, 11) is 1.68. The van der Waals surface area contributed by atoms with Gasteiger partial charge in [0.1, 0.15) is 11.4 Å². The summed E-state index contributed by atoms with van der Waals surface area (Å²) < 4.78 is 10.8. The summed E-state index contributed by atoms with van der Waals surface area (Å²) >= 11 is 0. The van der Waals surface area contributed by atoms with Crippen LogP contribution in [0.1, 0.15) is 73.3 Å². The van der Waals surface area contributed by atoms with Gasteiger partial charge in [-0.05, 0) is 57.4 Å². The fourth-order valence-corrected chi connectivity index (χ4v) is 3.01. The van der Waals surface area contributed by atoms with Gasteiger partial charge < -0.3 is 14.4 Å². The second-order valence-corrected chi connectivity index (χ2v) is 7.92. The van der Waals surface area contributed by atoms with Crippen molar-refractivity contribution in [2.24, 2.45) is 4.99 Å². The normalized spacial score (nSPS) is 14.9. The van der Waals surface area contributed by atoms with Gasteiger partial charge in [-0.25, -0.2) is 4.79 Å². The van der Waals surface area contributed by atoms with Crippen LogP contribution < -0.4 is 4.74 Å². The zero-order valence-corrected chi connectivity index (χ0v) is 19.5. The average molecular weight is 403 g/mol. The molecule has 0 atom stereocenters. The van der Waals surface area contributed by atoms with Crippen molar-refractivity contribution in [3.05, 3.63) is 41.1 Å². The molecule has 0 bridgehead atoms. The molecule has 1 aliphatic heterocycles.